The van der Waals surface area contributed by atoms with Crippen molar-refractivity contribution in [1.82, 2.24) is 10.2 Å². The van der Waals surface area contributed by atoms with Crippen LogP contribution in [0.15, 0.2) is 48.5 Å². The first-order valence-electron chi connectivity index (χ1n) is 12.1. The summed E-state index contributed by atoms with van der Waals surface area (Å²) in [6.07, 6.45) is 6.92. The largest absolute Gasteiger partial charge is 0.352 e. The van der Waals surface area contributed by atoms with E-state index in [4.69, 9.17) is 23.2 Å². The van der Waals surface area contributed by atoms with Gasteiger partial charge in [-0.25, -0.2) is 0 Å². The summed E-state index contributed by atoms with van der Waals surface area (Å²) in [5.41, 5.74) is 2.18. The molecule has 0 heterocycles. The molecular weight excluding hydrogens is 487 g/mol. The van der Waals surface area contributed by atoms with E-state index in [0.717, 1.165) is 43.2 Å². The lowest BCUT2D eigenvalue weighted by Crippen LogP contribution is -2.52. The average molecular weight is 522 g/mol. The Balaban J connectivity index is 1.65. The molecule has 1 N–H and O–H groups in total. The molecule has 7 heteroatoms. The van der Waals surface area contributed by atoms with Crippen molar-refractivity contribution in [2.45, 2.75) is 69.7 Å². The Kier molecular flexibility index (Phi) is 11.1. The third-order valence-corrected chi connectivity index (χ3v) is 8.03. The lowest BCUT2D eigenvalue weighted by molar-refractivity contribution is -0.139. The number of nitrogens with zero attached hydrogens (tertiary/aromatic N) is 1. The minimum absolute atomic E-state index is 0.00774. The molecule has 0 spiro atoms. The molecule has 0 aromatic heterocycles. The van der Waals surface area contributed by atoms with Crippen molar-refractivity contribution in [2.75, 3.05) is 12.3 Å². The first-order valence-corrected chi connectivity index (χ1v) is 14.0. The van der Waals surface area contributed by atoms with Crippen LogP contribution in [0.2, 0.25) is 10.0 Å². The fourth-order valence-electron chi connectivity index (χ4n) is 4.41. The Bertz CT molecular complexity index is 935. The van der Waals surface area contributed by atoms with Gasteiger partial charge < -0.3 is 10.2 Å². The number of halogens is 2. The normalized spacial score (nSPS) is 15.0. The van der Waals surface area contributed by atoms with E-state index in [1.54, 1.807) is 11.0 Å². The third kappa shape index (κ3) is 8.21. The molecule has 2 aromatic rings. The molecular formula is C27H34Cl2N2O2S. The van der Waals surface area contributed by atoms with Gasteiger partial charge in [0.25, 0.3) is 0 Å². The molecule has 2 aromatic carbocycles. The monoisotopic (exact) mass is 520 g/mol. The van der Waals surface area contributed by atoms with Gasteiger partial charge in [-0.05, 0) is 48.9 Å². The number of amides is 2. The molecule has 1 saturated carbocycles. The first kappa shape index (κ1) is 26.9. The molecule has 3 rings (SSSR count). The Hall–Kier alpha value is -1.69. The van der Waals surface area contributed by atoms with Crippen LogP contribution in [0.4, 0.5) is 0 Å². The first-order chi connectivity index (χ1) is 16.5. The molecule has 2 amide bonds. The summed E-state index contributed by atoms with van der Waals surface area (Å²) in [6.45, 7) is 2.50. The third-order valence-electron chi connectivity index (χ3n) is 6.30. The van der Waals surface area contributed by atoms with Gasteiger partial charge in [-0.2, -0.15) is 0 Å². The van der Waals surface area contributed by atoms with Crippen molar-refractivity contribution in [3.05, 3.63) is 69.7 Å². The zero-order valence-corrected chi connectivity index (χ0v) is 22.1. The molecule has 4 nitrogen and oxygen atoms in total. The topological polar surface area (TPSA) is 49.4 Å². The van der Waals surface area contributed by atoms with Crippen LogP contribution in [0.3, 0.4) is 0 Å². The van der Waals surface area contributed by atoms with Gasteiger partial charge in [0.15, 0.2) is 0 Å². The highest BCUT2D eigenvalue weighted by Crippen LogP contribution is 2.25. The fourth-order valence-corrected chi connectivity index (χ4v) is 5.59. The molecule has 0 bridgehead atoms. The quantitative estimate of drug-likeness (QED) is 0.366. The van der Waals surface area contributed by atoms with Crippen molar-refractivity contribution in [3.63, 3.8) is 0 Å². The van der Waals surface area contributed by atoms with Gasteiger partial charge in [0.05, 0.1) is 15.8 Å². The van der Waals surface area contributed by atoms with Crippen LogP contribution in [0.1, 0.15) is 56.6 Å². The molecule has 0 aliphatic heterocycles. The summed E-state index contributed by atoms with van der Waals surface area (Å²) in [7, 11) is 0. The van der Waals surface area contributed by atoms with Gasteiger partial charge in [0.1, 0.15) is 6.04 Å². The summed E-state index contributed by atoms with van der Waals surface area (Å²) in [6, 6.07) is 15.4. The number of carbonyl (C=O) groups is 2. The van der Waals surface area contributed by atoms with Gasteiger partial charge in [-0.15, -0.1) is 11.8 Å². The highest BCUT2D eigenvalue weighted by molar-refractivity contribution is 7.99. The minimum Gasteiger partial charge on any atom is -0.352 e. The predicted octanol–water partition coefficient (Wildman–Crippen LogP) is 6.53. The molecule has 1 fully saturated rings. The van der Waals surface area contributed by atoms with E-state index in [-0.39, 0.29) is 17.9 Å². The number of nitrogens with one attached hydrogen (secondary N) is 1. The van der Waals surface area contributed by atoms with E-state index in [0.29, 0.717) is 34.5 Å². The zero-order valence-electron chi connectivity index (χ0n) is 19.8. The van der Waals surface area contributed by atoms with Gasteiger partial charge in [-0.1, -0.05) is 85.8 Å². The van der Waals surface area contributed by atoms with E-state index in [1.165, 1.54) is 18.2 Å². The van der Waals surface area contributed by atoms with E-state index in [9.17, 15) is 9.59 Å². The zero-order chi connectivity index (χ0) is 24.3. The van der Waals surface area contributed by atoms with Gasteiger partial charge in [0.2, 0.25) is 11.8 Å². The van der Waals surface area contributed by atoms with Gasteiger partial charge in [-0.3, -0.25) is 9.59 Å². The van der Waals surface area contributed by atoms with Crippen LogP contribution in [-0.4, -0.2) is 41.1 Å². The lowest BCUT2D eigenvalue weighted by Gasteiger charge is -2.32. The van der Waals surface area contributed by atoms with E-state index in [2.05, 4.69) is 17.4 Å². The average Bonchev–Trinajstić information content (AvgIpc) is 2.85. The van der Waals surface area contributed by atoms with Crippen LogP contribution in [0.25, 0.3) is 0 Å². The predicted molar refractivity (Wildman–Crippen MR) is 144 cm³/mol. The van der Waals surface area contributed by atoms with Gasteiger partial charge >= 0.3 is 0 Å². The van der Waals surface area contributed by atoms with Crippen LogP contribution in [0, 0.1) is 0 Å². The second kappa shape index (κ2) is 14.0. The molecule has 1 aliphatic carbocycles. The highest BCUT2D eigenvalue weighted by Gasteiger charge is 2.29. The van der Waals surface area contributed by atoms with Crippen molar-refractivity contribution >= 4 is 46.8 Å². The number of hydrogen-bond donors (Lipinski definition) is 1. The summed E-state index contributed by atoms with van der Waals surface area (Å²) < 4.78 is 0. The number of benzene rings is 2. The molecule has 1 atom stereocenters. The summed E-state index contributed by atoms with van der Waals surface area (Å²) in [5, 5.41) is 4.27. The summed E-state index contributed by atoms with van der Waals surface area (Å²) in [4.78, 5) is 28.4. The number of hydrogen-bond acceptors (Lipinski definition) is 3. The Morgan fingerprint density at radius 2 is 1.76 bits per heavy atom. The second-order valence-electron chi connectivity index (χ2n) is 8.83. The van der Waals surface area contributed by atoms with Crippen molar-refractivity contribution in [1.29, 1.82) is 0 Å². The van der Waals surface area contributed by atoms with Crippen LogP contribution in [-0.2, 0) is 21.8 Å². The highest BCUT2D eigenvalue weighted by atomic mass is 35.5. The minimum atomic E-state index is -0.455. The SMILES string of the molecule is CC[C@H](C(=O)NC1CCCCC1)N(CCc1ccccc1)C(=O)CSCc1ccc(Cl)c(Cl)c1. The maximum Gasteiger partial charge on any atom is 0.243 e. The standard InChI is InChI=1S/C27H34Cl2N2O2S/c1-2-25(27(33)30-22-11-7-4-8-12-22)31(16-15-20-9-5-3-6-10-20)26(32)19-34-18-21-13-14-23(28)24(29)17-21/h3,5-6,9-10,13-14,17,22,25H,2,4,7-8,11-12,15-16,18-19H2,1H3,(H,30,33)/t25-/m1/s1. The fraction of sp³-hybridized carbons (Fsp3) is 0.481. The second-order valence-corrected chi connectivity index (χ2v) is 10.6. The summed E-state index contributed by atoms with van der Waals surface area (Å²) >= 11 is 13.7. The van der Waals surface area contributed by atoms with E-state index in [1.807, 2.05) is 37.3 Å². The number of thioether (sulfide) groups is 1. The van der Waals surface area contributed by atoms with Crippen molar-refractivity contribution in [2.24, 2.45) is 0 Å². The van der Waals surface area contributed by atoms with Gasteiger partial charge in [0, 0.05) is 18.3 Å². The maximum absolute atomic E-state index is 13.4. The van der Waals surface area contributed by atoms with Crippen LogP contribution in [0.5, 0.6) is 0 Å². The van der Waals surface area contributed by atoms with Crippen molar-refractivity contribution < 1.29 is 9.59 Å². The number of rotatable bonds is 11. The summed E-state index contributed by atoms with van der Waals surface area (Å²) in [5.74, 6) is 0.930. The molecule has 0 saturated heterocycles. The molecule has 1 aliphatic rings. The maximum atomic E-state index is 13.4. The Morgan fingerprint density at radius 1 is 1.03 bits per heavy atom. The lowest BCUT2D eigenvalue weighted by atomic mass is 9.95. The smallest absolute Gasteiger partial charge is 0.243 e. The van der Waals surface area contributed by atoms with Crippen LogP contribution >= 0.6 is 35.0 Å². The Labute approximate surface area is 217 Å². The molecule has 0 radical (unpaired) electrons. The van der Waals surface area contributed by atoms with Crippen LogP contribution < -0.4 is 5.32 Å². The molecule has 34 heavy (non-hydrogen) atoms. The molecule has 0 unspecified atom stereocenters. The van der Waals surface area contributed by atoms with Crippen molar-refractivity contribution in [3.8, 4) is 0 Å². The van der Waals surface area contributed by atoms with E-state index >= 15 is 0 Å². The molecule has 184 valence electrons. The number of carbonyl (C=O) groups excluding carboxylic acids is 2. The Morgan fingerprint density at radius 3 is 2.44 bits per heavy atom. The van der Waals surface area contributed by atoms with E-state index < -0.39 is 6.04 Å².